The van der Waals surface area contributed by atoms with Crippen molar-refractivity contribution >= 4 is 34.6 Å². The van der Waals surface area contributed by atoms with Crippen molar-refractivity contribution in [1.29, 1.82) is 0 Å². The Bertz CT molecular complexity index is 1350. The third-order valence-electron chi connectivity index (χ3n) is 7.60. The van der Waals surface area contributed by atoms with Crippen molar-refractivity contribution in [2.45, 2.75) is 71.6 Å². The van der Waals surface area contributed by atoms with E-state index in [2.05, 4.69) is 10.3 Å². The van der Waals surface area contributed by atoms with Gasteiger partial charge in [0.25, 0.3) is 11.8 Å². The Balaban J connectivity index is 1.64. The molecule has 40 heavy (non-hydrogen) atoms. The molecule has 2 heterocycles. The van der Waals surface area contributed by atoms with Crippen LogP contribution in [0.3, 0.4) is 0 Å². The minimum Gasteiger partial charge on any atom is -0.465 e. The van der Waals surface area contributed by atoms with Crippen LogP contribution in [0.5, 0.6) is 0 Å². The standard InChI is InChI=1S/C31H38N4O5/c1-5-6-16-25(27(36)28(37)32-20(2)21-12-8-7-9-13-21)35(30(39)40)26-18-31(3,4)19-34(26)29(38)24-17-22-14-10-11-15-23(22)33-24/h7-15,17,20,25-26,33H,5-6,16,18-19H2,1-4H3,(H,32,37)(H,39,40)/t20?,25-,26?/m0/s1. The summed E-state index contributed by atoms with van der Waals surface area (Å²) in [4.78, 5) is 59.1. The molecule has 0 saturated carbocycles. The summed E-state index contributed by atoms with van der Waals surface area (Å²) in [5.41, 5.74) is 1.58. The summed E-state index contributed by atoms with van der Waals surface area (Å²) >= 11 is 0. The van der Waals surface area contributed by atoms with E-state index in [0.29, 0.717) is 31.5 Å². The van der Waals surface area contributed by atoms with E-state index in [1.165, 1.54) is 4.90 Å². The van der Waals surface area contributed by atoms with Crippen molar-refractivity contribution in [2.75, 3.05) is 6.54 Å². The molecule has 3 N–H and O–H groups in total. The molecule has 0 spiro atoms. The number of para-hydroxylation sites is 1. The summed E-state index contributed by atoms with van der Waals surface area (Å²) in [5.74, 6) is -2.00. The number of nitrogens with zero attached hydrogens (tertiary/aromatic N) is 2. The van der Waals surface area contributed by atoms with E-state index >= 15 is 0 Å². The SMILES string of the molecule is CCCC[C@@H](C(=O)C(=O)NC(C)c1ccccc1)N(C(=O)O)C1CC(C)(C)CN1C(=O)c1cc2ccccc2[nH]1. The van der Waals surface area contributed by atoms with Gasteiger partial charge in [-0.2, -0.15) is 0 Å². The van der Waals surface area contributed by atoms with Crippen molar-refractivity contribution in [1.82, 2.24) is 20.1 Å². The molecule has 3 amide bonds. The molecule has 1 aliphatic rings. The van der Waals surface area contributed by atoms with Crippen LogP contribution in [0.2, 0.25) is 0 Å². The van der Waals surface area contributed by atoms with E-state index < -0.39 is 41.4 Å². The van der Waals surface area contributed by atoms with E-state index in [1.807, 2.05) is 75.4 Å². The lowest BCUT2D eigenvalue weighted by Crippen LogP contribution is -2.58. The molecule has 1 aromatic heterocycles. The number of carbonyl (C=O) groups excluding carboxylic acids is 3. The molecule has 212 valence electrons. The smallest absolute Gasteiger partial charge is 0.409 e. The summed E-state index contributed by atoms with van der Waals surface area (Å²) in [6, 6.07) is 16.9. The molecule has 9 nitrogen and oxygen atoms in total. The molecular formula is C31H38N4O5. The maximum atomic E-state index is 13.8. The van der Waals surface area contributed by atoms with E-state index in [4.69, 9.17) is 0 Å². The van der Waals surface area contributed by atoms with Gasteiger partial charge >= 0.3 is 6.09 Å². The number of fused-ring (bicyclic) bond motifs is 1. The zero-order valence-electron chi connectivity index (χ0n) is 23.5. The molecule has 2 unspecified atom stereocenters. The summed E-state index contributed by atoms with van der Waals surface area (Å²) in [6.07, 6.45) is -0.461. The number of Topliss-reactive ketones (excluding diaryl/α,β-unsaturated/α-hetero) is 1. The van der Waals surface area contributed by atoms with Crippen molar-refractivity contribution in [3.8, 4) is 0 Å². The highest BCUT2D eigenvalue weighted by molar-refractivity contribution is 6.38. The molecule has 3 atom stereocenters. The van der Waals surface area contributed by atoms with Gasteiger partial charge in [0.05, 0.1) is 6.04 Å². The second-order valence-corrected chi connectivity index (χ2v) is 11.4. The lowest BCUT2D eigenvalue weighted by atomic mass is 9.91. The molecule has 0 radical (unpaired) electrons. The quantitative estimate of drug-likeness (QED) is 0.296. The molecule has 2 aromatic carbocycles. The van der Waals surface area contributed by atoms with Gasteiger partial charge in [0.2, 0.25) is 5.78 Å². The van der Waals surface area contributed by atoms with Crippen LogP contribution in [-0.2, 0) is 9.59 Å². The van der Waals surface area contributed by atoms with Gasteiger partial charge < -0.3 is 20.3 Å². The van der Waals surface area contributed by atoms with Crippen LogP contribution in [0.1, 0.15) is 75.5 Å². The third kappa shape index (κ3) is 6.19. The zero-order valence-corrected chi connectivity index (χ0v) is 23.5. The topological polar surface area (TPSA) is 123 Å². The Morgan fingerprint density at radius 3 is 2.42 bits per heavy atom. The Labute approximate surface area is 234 Å². The van der Waals surface area contributed by atoms with Crippen LogP contribution in [0, 0.1) is 5.41 Å². The number of carboxylic acid groups (broad SMARTS) is 1. The molecule has 1 fully saturated rings. The number of rotatable bonds is 10. The molecule has 1 aliphatic heterocycles. The summed E-state index contributed by atoms with van der Waals surface area (Å²) in [6.45, 7) is 7.96. The predicted octanol–water partition coefficient (Wildman–Crippen LogP) is 5.35. The molecule has 9 heteroatoms. The number of ketones is 1. The fourth-order valence-corrected chi connectivity index (χ4v) is 5.54. The Hall–Kier alpha value is -4.14. The van der Waals surface area contributed by atoms with Gasteiger partial charge in [0.1, 0.15) is 17.9 Å². The number of amides is 3. The zero-order chi connectivity index (χ0) is 29.0. The number of carbonyl (C=O) groups is 4. The number of unbranched alkanes of at least 4 members (excludes halogenated alkanes) is 1. The second kappa shape index (κ2) is 11.9. The van der Waals surface area contributed by atoms with Crippen molar-refractivity contribution < 1.29 is 24.3 Å². The first-order valence-electron chi connectivity index (χ1n) is 13.8. The fraction of sp³-hybridized carbons (Fsp3) is 0.419. The molecule has 1 saturated heterocycles. The Morgan fingerprint density at radius 2 is 1.77 bits per heavy atom. The average Bonchev–Trinajstić information content (AvgIpc) is 3.50. The Kier molecular flexibility index (Phi) is 8.61. The first-order chi connectivity index (χ1) is 19.0. The predicted molar refractivity (Wildman–Crippen MR) is 153 cm³/mol. The number of likely N-dealkylation sites (tertiary alicyclic amines) is 1. The van der Waals surface area contributed by atoms with Gasteiger partial charge in [-0.3, -0.25) is 19.3 Å². The highest BCUT2D eigenvalue weighted by atomic mass is 16.4. The van der Waals surface area contributed by atoms with Gasteiger partial charge in [0, 0.05) is 17.4 Å². The summed E-state index contributed by atoms with van der Waals surface area (Å²) < 4.78 is 0. The minimum absolute atomic E-state index is 0.181. The number of nitrogens with one attached hydrogen (secondary N) is 2. The maximum absolute atomic E-state index is 13.8. The molecular weight excluding hydrogens is 508 g/mol. The maximum Gasteiger partial charge on any atom is 0.409 e. The van der Waals surface area contributed by atoms with Gasteiger partial charge in [-0.1, -0.05) is 82.1 Å². The van der Waals surface area contributed by atoms with E-state index in [9.17, 15) is 24.3 Å². The second-order valence-electron chi connectivity index (χ2n) is 11.4. The molecule has 3 aromatic rings. The number of hydrogen-bond acceptors (Lipinski definition) is 4. The normalized spacial score (nSPS) is 17.8. The minimum atomic E-state index is -1.34. The average molecular weight is 547 g/mol. The highest BCUT2D eigenvalue weighted by Crippen LogP contribution is 2.38. The van der Waals surface area contributed by atoms with Crippen molar-refractivity contribution in [3.63, 3.8) is 0 Å². The number of hydrogen-bond donors (Lipinski definition) is 3. The molecule has 0 bridgehead atoms. The van der Waals surface area contributed by atoms with E-state index in [0.717, 1.165) is 21.4 Å². The number of aromatic amines is 1. The van der Waals surface area contributed by atoms with Gasteiger partial charge in [0.15, 0.2) is 0 Å². The van der Waals surface area contributed by atoms with Crippen LogP contribution in [0.15, 0.2) is 60.7 Å². The lowest BCUT2D eigenvalue weighted by molar-refractivity contribution is -0.142. The summed E-state index contributed by atoms with van der Waals surface area (Å²) in [5, 5.41) is 14.1. The van der Waals surface area contributed by atoms with Crippen molar-refractivity contribution in [2.24, 2.45) is 5.41 Å². The highest BCUT2D eigenvalue weighted by Gasteiger charge is 2.48. The van der Waals surface area contributed by atoms with Gasteiger partial charge in [-0.15, -0.1) is 0 Å². The Morgan fingerprint density at radius 1 is 1.10 bits per heavy atom. The summed E-state index contributed by atoms with van der Waals surface area (Å²) in [7, 11) is 0. The molecule has 0 aliphatic carbocycles. The fourth-order valence-electron chi connectivity index (χ4n) is 5.54. The van der Waals surface area contributed by atoms with Gasteiger partial charge in [-0.05, 0) is 42.9 Å². The van der Waals surface area contributed by atoms with Gasteiger partial charge in [-0.25, -0.2) is 4.79 Å². The lowest BCUT2D eigenvalue weighted by Gasteiger charge is -2.37. The number of aromatic nitrogens is 1. The number of benzene rings is 2. The van der Waals surface area contributed by atoms with E-state index in [-0.39, 0.29) is 12.3 Å². The first-order valence-corrected chi connectivity index (χ1v) is 13.8. The third-order valence-corrected chi connectivity index (χ3v) is 7.60. The van der Waals surface area contributed by atoms with Crippen LogP contribution < -0.4 is 5.32 Å². The van der Waals surface area contributed by atoms with Crippen molar-refractivity contribution in [3.05, 3.63) is 71.9 Å². The number of H-pyrrole nitrogens is 1. The van der Waals surface area contributed by atoms with E-state index in [1.54, 1.807) is 13.0 Å². The van der Waals surface area contributed by atoms with Crippen LogP contribution >= 0.6 is 0 Å². The van der Waals surface area contributed by atoms with Crippen LogP contribution in [0.25, 0.3) is 10.9 Å². The van der Waals surface area contributed by atoms with Crippen LogP contribution in [0.4, 0.5) is 4.79 Å². The first kappa shape index (κ1) is 28.9. The molecule has 4 rings (SSSR count). The monoisotopic (exact) mass is 546 g/mol. The van der Waals surface area contributed by atoms with Crippen LogP contribution in [-0.4, -0.2) is 62.3 Å². The largest absolute Gasteiger partial charge is 0.465 e.